The first-order valence-electron chi connectivity index (χ1n) is 6.80. The molecule has 1 heterocycles. The number of hydrogen-bond donors (Lipinski definition) is 1. The summed E-state index contributed by atoms with van der Waals surface area (Å²) < 4.78 is 0. The molecule has 1 amide bonds. The van der Waals surface area contributed by atoms with Crippen LogP contribution in [0.15, 0.2) is 35.5 Å². The Balaban J connectivity index is 2.24. The molecule has 0 spiro atoms. The maximum absolute atomic E-state index is 12.3. The lowest BCUT2D eigenvalue weighted by Gasteiger charge is -2.15. The zero-order chi connectivity index (χ0) is 15.9. The van der Waals surface area contributed by atoms with Crippen LogP contribution in [0.5, 0.6) is 0 Å². The van der Waals surface area contributed by atoms with Crippen LogP contribution >= 0.6 is 0 Å². The third kappa shape index (κ3) is 3.23. The average Bonchev–Trinajstić information content (AvgIpc) is 3.09. The lowest BCUT2D eigenvalue weighted by atomic mass is 10.1. The molecule has 1 fully saturated rings. The van der Waals surface area contributed by atoms with E-state index in [9.17, 15) is 4.79 Å². The van der Waals surface area contributed by atoms with Crippen LogP contribution in [-0.2, 0) is 0 Å². The van der Waals surface area contributed by atoms with Crippen molar-refractivity contribution in [3.63, 3.8) is 0 Å². The topological polar surface area (TPSA) is 104 Å². The molecule has 6 heteroatoms. The van der Waals surface area contributed by atoms with E-state index in [0.29, 0.717) is 11.3 Å². The average molecular weight is 291 g/mol. The van der Waals surface area contributed by atoms with Gasteiger partial charge in [-0.05, 0) is 31.0 Å². The van der Waals surface area contributed by atoms with Crippen molar-refractivity contribution in [3.8, 4) is 18.2 Å². The second kappa shape index (κ2) is 6.92. The van der Waals surface area contributed by atoms with Gasteiger partial charge >= 0.3 is 0 Å². The second-order valence-corrected chi connectivity index (χ2v) is 4.79. The van der Waals surface area contributed by atoms with Gasteiger partial charge in [-0.1, -0.05) is 6.07 Å². The molecule has 0 saturated carbocycles. The maximum Gasteiger partial charge on any atom is 0.253 e. The molecule has 1 N–H and O–H groups in total. The standard InChI is InChI=1S/C16H13N5O/c17-9-13(10-18)15(11-19)20-14-5-3-4-12(8-14)16(22)21-6-1-2-7-21/h3-5,8,20H,1-2,6-7H2. The summed E-state index contributed by atoms with van der Waals surface area (Å²) >= 11 is 0. The number of nitriles is 3. The van der Waals surface area contributed by atoms with Crippen molar-refractivity contribution in [2.45, 2.75) is 12.8 Å². The van der Waals surface area contributed by atoms with Crippen molar-refractivity contribution in [2.24, 2.45) is 0 Å². The Bertz CT molecular complexity index is 723. The Morgan fingerprint density at radius 1 is 1.09 bits per heavy atom. The van der Waals surface area contributed by atoms with E-state index in [1.807, 2.05) is 0 Å². The van der Waals surface area contributed by atoms with Crippen LogP contribution in [0.2, 0.25) is 0 Å². The van der Waals surface area contributed by atoms with Gasteiger partial charge in [-0.3, -0.25) is 4.79 Å². The zero-order valence-electron chi connectivity index (χ0n) is 11.8. The highest BCUT2D eigenvalue weighted by Crippen LogP contribution is 2.18. The fourth-order valence-electron chi connectivity index (χ4n) is 2.26. The molecule has 2 rings (SSSR count). The number of carbonyl (C=O) groups is 1. The maximum atomic E-state index is 12.3. The Hall–Kier alpha value is -3.30. The molecule has 0 atom stereocenters. The van der Waals surface area contributed by atoms with E-state index in [4.69, 9.17) is 15.8 Å². The van der Waals surface area contributed by atoms with E-state index in [1.165, 1.54) is 0 Å². The molecule has 1 aliphatic heterocycles. The fourth-order valence-corrected chi connectivity index (χ4v) is 2.26. The molecular weight excluding hydrogens is 278 g/mol. The first-order valence-corrected chi connectivity index (χ1v) is 6.80. The van der Waals surface area contributed by atoms with Crippen molar-refractivity contribution in [1.82, 2.24) is 4.90 Å². The van der Waals surface area contributed by atoms with Crippen LogP contribution in [0, 0.1) is 34.0 Å². The highest BCUT2D eigenvalue weighted by atomic mass is 16.2. The summed E-state index contributed by atoms with van der Waals surface area (Å²) in [7, 11) is 0. The number of nitrogens with one attached hydrogen (secondary N) is 1. The predicted molar refractivity (Wildman–Crippen MR) is 79.1 cm³/mol. The van der Waals surface area contributed by atoms with Crippen molar-refractivity contribution in [1.29, 1.82) is 15.8 Å². The Morgan fingerprint density at radius 2 is 1.77 bits per heavy atom. The minimum absolute atomic E-state index is 0.0515. The first-order chi connectivity index (χ1) is 10.7. The van der Waals surface area contributed by atoms with Crippen molar-refractivity contribution in [3.05, 3.63) is 41.1 Å². The van der Waals surface area contributed by atoms with Crippen molar-refractivity contribution < 1.29 is 4.79 Å². The SMILES string of the molecule is N#CC(C#N)=C(C#N)Nc1cccc(C(=O)N2CCCC2)c1. The number of carbonyl (C=O) groups excluding carboxylic acids is 1. The van der Waals surface area contributed by atoms with E-state index >= 15 is 0 Å². The summed E-state index contributed by atoms with van der Waals surface area (Å²) in [4.78, 5) is 14.1. The predicted octanol–water partition coefficient (Wildman–Crippen LogP) is 2.16. The second-order valence-electron chi connectivity index (χ2n) is 4.79. The van der Waals surface area contributed by atoms with E-state index in [1.54, 1.807) is 47.4 Å². The van der Waals surface area contributed by atoms with Gasteiger partial charge in [0.15, 0.2) is 5.57 Å². The van der Waals surface area contributed by atoms with Gasteiger partial charge in [0, 0.05) is 24.3 Å². The summed E-state index contributed by atoms with van der Waals surface area (Å²) in [6.07, 6.45) is 2.03. The van der Waals surface area contributed by atoms with Crippen LogP contribution < -0.4 is 5.32 Å². The molecule has 0 unspecified atom stereocenters. The molecule has 6 nitrogen and oxygen atoms in total. The molecule has 0 aromatic heterocycles. The van der Waals surface area contributed by atoms with Gasteiger partial charge in [0.2, 0.25) is 0 Å². The molecule has 108 valence electrons. The van der Waals surface area contributed by atoms with Crippen molar-refractivity contribution >= 4 is 11.6 Å². The third-order valence-corrected chi connectivity index (χ3v) is 3.36. The molecule has 0 aliphatic carbocycles. The van der Waals surface area contributed by atoms with Gasteiger partial charge in [-0.2, -0.15) is 15.8 Å². The molecule has 1 saturated heterocycles. The first kappa shape index (κ1) is 15.1. The number of likely N-dealkylation sites (tertiary alicyclic amines) is 1. The number of rotatable bonds is 3. The molecule has 22 heavy (non-hydrogen) atoms. The molecule has 1 aromatic carbocycles. The van der Waals surface area contributed by atoms with Crippen molar-refractivity contribution in [2.75, 3.05) is 18.4 Å². The number of allylic oxidation sites excluding steroid dienone is 2. The molecule has 1 aliphatic rings. The van der Waals surface area contributed by atoms with Gasteiger partial charge < -0.3 is 10.2 Å². The monoisotopic (exact) mass is 291 g/mol. The third-order valence-electron chi connectivity index (χ3n) is 3.36. The van der Waals surface area contributed by atoms with Crippen LogP contribution in [0.4, 0.5) is 5.69 Å². The van der Waals surface area contributed by atoms with E-state index in [2.05, 4.69) is 5.32 Å². The lowest BCUT2D eigenvalue weighted by molar-refractivity contribution is 0.0793. The number of hydrogen-bond acceptors (Lipinski definition) is 5. The highest BCUT2D eigenvalue weighted by Gasteiger charge is 2.19. The quantitative estimate of drug-likeness (QED) is 0.859. The summed E-state index contributed by atoms with van der Waals surface area (Å²) in [5.41, 5.74) is 0.582. The van der Waals surface area contributed by atoms with Gasteiger partial charge in [-0.15, -0.1) is 0 Å². The van der Waals surface area contributed by atoms with Gasteiger partial charge in [0.05, 0.1) is 0 Å². The van der Waals surface area contributed by atoms with Crippen LogP contribution in [-0.4, -0.2) is 23.9 Å². The van der Waals surface area contributed by atoms with Crippen LogP contribution in [0.3, 0.4) is 0 Å². The molecule has 0 radical (unpaired) electrons. The molecule has 0 bridgehead atoms. The van der Waals surface area contributed by atoms with Gasteiger partial charge in [-0.25, -0.2) is 0 Å². The summed E-state index contributed by atoms with van der Waals surface area (Å²) in [5.74, 6) is -0.0515. The van der Waals surface area contributed by atoms with Crippen LogP contribution in [0.25, 0.3) is 0 Å². The number of nitrogens with zero attached hydrogens (tertiary/aromatic N) is 4. The summed E-state index contributed by atoms with van der Waals surface area (Å²) in [6, 6.07) is 11.8. The van der Waals surface area contributed by atoms with E-state index < -0.39 is 0 Å². The smallest absolute Gasteiger partial charge is 0.253 e. The highest BCUT2D eigenvalue weighted by molar-refractivity contribution is 5.95. The Labute approximate surface area is 128 Å². The van der Waals surface area contributed by atoms with Crippen LogP contribution in [0.1, 0.15) is 23.2 Å². The van der Waals surface area contributed by atoms with E-state index in [0.717, 1.165) is 25.9 Å². The zero-order valence-corrected chi connectivity index (χ0v) is 11.8. The van der Waals surface area contributed by atoms with Gasteiger partial charge in [0.1, 0.15) is 23.9 Å². The lowest BCUT2D eigenvalue weighted by Crippen LogP contribution is -2.27. The summed E-state index contributed by atoms with van der Waals surface area (Å²) in [6.45, 7) is 1.51. The van der Waals surface area contributed by atoms with Gasteiger partial charge in [0.25, 0.3) is 5.91 Å². The minimum atomic E-state index is -0.293. The number of anilines is 1. The van der Waals surface area contributed by atoms with E-state index in [-0.39, 0.29) is 17.2 Å². The number of amides is 1. The number of benzene rings is 1. The fraction of sp³-hybridized carbons (Fsp3) is 0.250. The Kier molecular flexibility index (Phi) is 4.75. The Morgan fingerprint density at radius 3 is 2.36 bits per heavy atom. The summed E-state index contributed by atoms with van der Waals surface area (Å²) in [5, 5.41) is 29.4. The normalized spacial score (nSPS) is 12.7. The molecule has 1 aromatic rings. The minimum Gasteiger partial charge on any atom is -0.345 e. The molecular formula is C16H13N5O. The largest absolute Gasteiger partial charge is 0.345 e.